The topological polar surface area (TPSA) is 52.7 Å². The predicted molar refractivity (Wildman–Crippen MR) is 107 cm³/mol. The molecule has 1 N–H and O–H groups in total. The maximum absolute atomic E-state index is 12.5. The first-order valence-corrected chi connectivity index (χ1v) is 9.79. The molecule has 2 amide bonds. The first-order chi connectivity index (χ1) is 12.3. The van der Waals surface area contributed by atoms with Crippen LogP contribution in [0.1, 0.15) is 47.5 Å². The number of nitrogens with zero attached hydrogens (tertiary/aromatic N) is 2. The Kier molecular flexibility index (Phi) is 7.06. The predicted octanol–water partition coefficient (Wildman–Crippen LogP) is 3.75. The SMILES string of the molecule is CCN(c1ccc(NC(=O)C2CCN(C(=O)C(C)C)CC2)cc1)C(C)C. The molecule has 26 heavy (non-hydrogen) atoms. The van der Waals surface area contributed by atoms with Crippen LogP contribution in [0.5, 0.6) is 0 Å². The van der Waals surface area contributed by atoms with E-state index in [1.165, 1.54) is 5.69 Å². The molecule has 5 nitrogen and oxygen atoms in total. The van der Waals surface area contributed by atoms with Crippen LogP contribution in [0.3, 0.4) is 0 Å². The highest BCUT2D eigenvalue weighted by molar-refractivity contribution is 5.93. The summed E-state index contributed by atoms with van der Waals surface area (Å²) in [6.07, 6.45) is 1.47. The number of hydrogen-bond donors (Lipinski definition) is 1. The van der Waals surface area contributed by atoms with Gasteiger partial charge in [0.1, 0.15) is 0 Å². The lowest BCUT2D eigenvalue weighted by molar-refractivity contribution is -0.137. The maximum atomic E-state index is 12.5. The number of carbonyl (C=O) groups excluding carboxylic acids is 2. The fourth-order valence-corrected chi connectivity index (χ4v) is 3.55. The lowest BCUT2D eigenvalue weighted by Crippen LogP contribution is -2.43. The number of amides is 2. The highest BCUT2D eigenvalue weighted by Gasteiger charge is 2.28. The largest absolute Gasteiger partial charge is 0.369 e. The van der Waals surface area contributed by atoms with E-state index in [4.69, 9.17) is 0 Å². The van der Waals surface area contributed by atoms with E-state index in [2.05, 4.69) is 43.1 Å². The number of hydrogen-bond acceptors (Lipinski definition) is 3. The molecule has 144 valence electrons. The lowest BCUT2D eigenvalue weighted by atomic mass is 9.95. The molecule has 0 bridgehead atoms. The summed E-state index contributed by atoms with van der Waals surface area (Å²) in [5.74, 6) is 0.247. The molecule has 0 radical (unpaired) electrons. The molecule has 1 aromatic rings. The molecule has 0 unspecified atom stereocenters. The Morgan fingerprint density at radius 3 is 2.15 bits per heavy atom. The Morgan fingerprint density at radius 1 is 1.12 bits per heavy atom. The standard InChI is InChI=1S/C21H33N3O2/c1-6-24(16(4)5)19-9-7-18(8-10-19)22-20(25)17-11-13-23(14-12-17)21(26)15(2)3/h7-10,15-17H,6,11-14H2,1-5H3,(H,22,25). The van der Waals surface area contributed by atoms with Gasteiger partial charge in [-0.25, -0.2) is 0 Å². The fourth-order valence-electron chi connectivity index (χ4n) is 3.55. The van der Waals surface area contributed by atoms with Gasteiger partial charge in [-0.3, -0.25) is 9.59 Å². The molecule has 0 saturated carbocycles. The normalized spacial score (nSPS) is 15.4. The second-order valence-electron chi connectivity index (χ2n) is 7.67. The molecule has 0 aliphatic carbocycles. The lowest BCUT2D eigenvalue weighted by Gasteiger charge is -2.32. The summed E-state index contributed by atoms with van der Waals surface area (Å²) < 4.78 is 0. The van der Waals surface area contributed by atoms with Gasteiger partial charge in [-0.1, -0.05) is 13.8 Å². The molecule has 1 aliphatic rings. The first kappa shape index (κ1) is 20.3. The van der Waals surface area contributed by atoms with Gasteiger partial charge < -0.3 is 15.1 Å². The quantitative estimate of drug-likeness (QED) is 0.841. The highest BCUT2D eigenvalue weighted by atomic mass is 16.2. The maximum Gasteiger partial charge on any atom is 0.227 e. The van der Waals surface area contributed by atoms with Gasteiger partial charge in [0.05, 0.1) is 0 Å². The van der Waals surface area contributed by atoms with Crippen LogP contribution in [0, 0.1) is 11.8 Å². The van der Waals surface area contributed by atoms with Gasteiger partial charge in [0.2, 0.25) is 11.8 Å². The summed E-state index contributed by atoms with van der Waals surface area (Å²) in [5.41, 5.74) is 2.00. The number of nitrogens with one attached hydrogen (secondary N) is 1. The zero-order valence-corrected chi connectivity index (χ0v) is 16.8. The van der Waals surface area contributed by atoms with Crippen LogP contribution < -0.4 is 10.2 Å². The molecule has 1 saturated heterocycles. The minimum Gasteiger partial charge on any atom is -0.369 e. The van der Waals surface area contributed by atoms with Crippen LogP contribution in [0.15, 0.2) is 24.3 Å². The summed E-state index contributed by atoms with van der Waals surface area (Å²) in [6, 6.07) is 8.50. The van der Waals surface area contributed by atoms with Crippen LogP contribution in [0.4, 0.5) is 11.4 Å². The molecular weight excluding hydrogens is 326 g/mol. The number of carbonyl (C=O) groups is 2. The van der Waals surface area contributed by atoms with Crippen LogP contribution >= 0.6 is 0 Å². The third-order valence-electron chi connectivity index (χ3n) is 5.10. The summed E-state index contributed by atoms with van der Waals surface area (Å²) in [4.78, 5) is 28.8. The molecule has 0 atom stereocenters. The Labute approximate surface area is 157 Å². The van der Waals surface area contributed by atoms with Crippen LogP contribution in [-0.4, -0.2) is 42.4 Å². The minimum atomic E-state index is -0.0197. The average molecular weight is 360 g/mol. The summed E-state index contributed by atoms with van der Waals surface area (Å²) in [7, 11) is 0. The third kappa shape index (κ3) is 4.99. The highest BCUT2D eigenvalue weighted by Crippen LogP contribution is 2.23. The molecule has 1 fully saturated rings. The zero-order chi connectivity index (χ0) is 19.3. The second-order valence-corrected chi connectivity index (χ2v) is 7.67. The minimum absolute atomic E-state index is 0.0197. The van der Waals surface area contributed by atoms with Crippen molar-refractivity contribution >= 4 is 23.2 Å². The Balaban J connectivity index is 1.89. The van der Waals surface area contributed by atoms with E-state index in [9.17, 15) is 9.59 Å². The van der Waals surface area contributed by atoms with Gasteiger partial charge in [0, 0.05) is 48.9 Å². The van der Waals surface area contributed by atoms with Crippen molar-refractivity contribution < 1.29 is 9.59 Å². The van der Waals surface area contributed by atoms with Gasteiger partial charge in [-0.05, 0) is 57.9 Å². The molecule has 1 heterocycles. The molecule has 5 heteroatoms. The monoisotopic (exact) mass is 359 g/mol. The van der Waals surface area contributed by atoms with E-state index >= 15 is 0 Å². The van der Waals surface area contributed by atoms with Crippen molar-refractivity contribution in [2.75, 3.05) is 29.9 Å². The molecule has 2 rings (SSSR count). The van der Waals surface area contributed by atoms with Crippen molar-refractivity contribution in [1.82, 2.24) is 4.90 Å². The van der Waals surface area contributed by atoms with Gasteiger partial charge in [-0.15, -0.1) is 0 Å². The van der Waals surface area contributed by atoms with E-state index in [1.807, 2.05) is 30.9 Å². The van der Waals surface area contributed by atoms with E-state index in [1.54, 1.807) is 0 Å². The van der Waals surface area contributed by atoms with Gasteiger partial charge in [0.25, 0.3) is 0 Å². The molecule has 0 aromatic heterocycles. The smallest absolute Gasteiger partial charge is 0.227 e. The third-order valence-corrected chi connectivity index (χ3v) is 5.10. The second kappa shape index (κ2) is 9.06. The van der Waals surface area contributed by atoms with E-state index in [0.717, 1.165) is 25.1 Å². The number of benzene rings is 1. The van der Waals surface area contributed by atoms with Gasteiger partial charge >= 0.3 is 0 Å². The van der Waals surface area contributed by atoms with Crippen molar-refractivity contribution in [3.8, 4) is 0 Å². The number of rotatable bonds is 6. The zero-order valence-electron chi connectivity index (χ0n) is 16.8. The molecule has 0 spiro atoms. The average Bonchev–Trinajstić information content (AvgIpc) is 2.62. The van der Waals surface area contributed by atoms with Crippen molar-refractivity contribution in [2.45, 2.75) is 53.5 Å². The van der Waals surface area contributed by atoms with E-state index in [0.29, 0.717) is 19.1 Å². The van der Waals surface area contributed by atoms with Gasteiger partial charge in [-0.2, -0.15) is 0 Å². The Morgan fingerprint density at radius 2 is 1.69 bits per heavy atom. The number of likely N-dealkylation sites (tertiary alicyclic amines) is 1. The first-order valence-electron chi connectivity index (χ1n) is 9.79. The summed E-state index contributed by atoms with van der Waals surface area (Å²) in [5, 5.41) is 3.03. The number of piperidine rings is 1. The van der Waals surface area contributed by atoms with Gasteiger partial charge in [0.15, 0.2) is 0 Å². The van der Waals surface area contributed by atoms with Crippen molar-refractivity contribution in [2.24, 2.45) is 11.8 Å². The van der Waals surface area contributed by atoms with E-state index in [-0.39, 0.29) is 23.7 Å². The molecule has 1 aliphatic heterocycles. The van der Waals surface area contributed by atoms with E-state index < -0.39 is 0 Å². The Bertz CT molecular complexity index is 602. The number of anilines is 2. The van der Waals surface area contributed by atoms with Crippen LogP contribution in [0.2, 0.25) is 0 Å². The van der Waals surface area contributed by atoms with Crippen molar-refractivity contribution in [3.63, 3.8) is 0 Å². The molecule has 1 aromatic carbocycles. The molecular formula is C21H33N3O2. The van der Waals surface area contributed by atoms with Crippen molar-refractivity contribution in [3.05, 3.63) is 24.3 Å². The summed E-state index contributed by atoms with van der Waals surface area (Å²) >= 11 is 0. The van der Waals surface area contributed by atoms with Crippen molar-refractivity contribution in [1.29, 1.82) is 0 Å². The summed E-state index contributed by atoms with van der Waals surface area (Å²) in [6.45, 7) is 12.6. The van der Waals surface area contributed by atoms with Crippen LogP contribution in [-0.2, 0) is 9.59 Å². The Hall–Kier alpha value is -2.04. The van der Waals surface area contributed by atoms with Crippen LogP contribution in [0.25, 0.3) is 0 Å². The fraction of sp³-hybridized carbons (Fsp3) is 0.619.